The van der Waals surface area contributed by atoms with Crippen LogP contribution in [-0.4, -0.2) is 57.5 Å². The summed E-state index contributed by atoms with van der Waals surface area (Å²) < 4.78 is 12.8. The third-order valence-electron chi connectivity index (χ3n) is 4.03. The predicted molar refractivity (Wildman–Crippen MR) is 88.1 cm³/mol. The monoisotopic (exact) mass is 345 g/mol. The Morgan fingerprint density at radius 3 is 2.76 bits per heavy atom. The summed E-state index contributed by atoms with van der Waals surface area (Å²) in [6.07, 6.45) is 0.847. The highest BCUT2D eigenvalue weighted by atomic mass is 16.6. The van der Waals surface area contributed by atoms with E-state index in [-0.39, 0.29) is 23.9 Å². The minimum absolute atomic E-state index is 0.0477. The van der Waals surface area contributed by atoms with Crippen LogP contribution in [0.1, 0.15) is 27.8 Å². The first-order chi connectivity index (χ1) is 12.0. The molecule has 1 aliphatic heterocycles. The molecule has 0 aliphatic carbocycles. The lowest BCUT2D eigenvalue weighted by Gasteiger charge is -2.31. The molecule has 8 nitrogen and oxygen atoms in total. The number of carbonyl (C=O) groups excluding carboxylic acids is 1. The van der Waals surface area contributed by atoms with E-state index in [9.17, 15) is 14.7 Å². The van der Waals surface area contributed by atoms with Crippen molar-refractivity contribution in [1.82, 2.24) is 14.7 Å². The van der Waals surface area contributed by atoms with Crippen LogP contribution < -0.4 is 9.47 Å². The maximum Gasteiger partial charge on any atom is 0.339 e. The molecule has 1 unspecified atom stereocenters. The molecule has 3 rings (SSSR count). The molecule has 1 amide bonds. The smallest absolute Gasteiger partial charge is 0.339 e. The second-order valence-corrected chi connectivity index (χ2v) is 5.68. The molecule has 0 bridgehead atoms. The van der Waals surface area contributed by atoms with Gasteiger partial charge in [-0.15, -0.1) is 0 Å². The molecule has 2 heterocycles. The number of amides is 1. The highest BCUT2D eigenvalue weighted by Gasteiger charge is 2.29. The first kappa shape index (κ1) is 16.8. The van der Waals surface area contributed by atoms with Gasteiger partial charge in [0.2, 0.25) is 0 Å². The number of rotatable bonds is 5. The van der Waals surface area contributed by atoms with Gasteiger partial charge in [0.05, 0.1) is 12.7 Å². The summed E-state index contributed by atoms with van der Waals surface area (Å²) in [5.74, 6) is -0.275. The Morgan fingerprint density at radius 2 is 2.08 bits per heavy atom. The Morgan fingerprint density at radius 1 is 1.36 bits per heavy atom. The molecule has 25 heavy (non-hydrogen) atoms. The first-order valence-corrected chi connectivity index (χ1v) is 7.94. The number of hydrogen-bond acceptors (Lipinski definition) is 5. The van der Waals surface area contributed by atoms with Gasteiger partial charge >= 0.3 is 5.97 Å². The van der Waals surface area contributed by atoms with Crippen molar-refractivity contribution in [2.45, 2.75) is 13.0 Å². The summed E-state index contributed by atoms with van der Waals surface area (Å²) in [5.41, 5.74) is -0.0661. The molecule has 132 valence electrons. The zero-order chi connectivity index (χ0) is 18.0. The van der Waals surface area contributed by atoms with Gasteiger partial charge in [-0.05, 0) is 19.1 Å². The topological polar surface area (TPSA) is 93.9 Å². The number of ether oxygens (including phenoxy) is 2. The number of carboxylic acid groups (broad SMARTS) is 1. The third-order valence-corrected chi connectivity index (χ3v) is 4.03. The number of nitrogens with zero attached hydrogens (tertiary/aromatic N) is 3. The summed E-state index contributed by atoms with van der Waals surface area (Å²) in [6, 6.07) is 7.34. The average molecular weight is 345 g/mol. The van der Waals surface area contributed by atoms with Crippen LogP contribution in [0.2, 0.25) is 0 Å². The molecule has 0 saturated heterocycles. The lowest BCUT2D eigenvalue weighted by molar-refractivity contribution is 0.0463. The number of carbonyl (C=O) groups is 2. The van der Waals surface area contributed by atoms with E-state index in [1.54, 1.807) is 7.05 Å². The van der Waals surface area contributed by atoms with Crippen LogP contribution in [0.25, 0.3) is 0 Å². The van der Waals surface area contributed by atoms with Gasteiger partial charge in [-0.25, -0.2) is 4.79 Å². The Labute approximate surface area is 144 Å². The minimum Gasteiger partial charge on any atom is -0.486 e. The fourth-order valence-corrected chi connectivity index (χ4v) is 2.75. The van der Waals surface area contributed by atoms with E-state index in [1.807, 2.05) is 31.2 Å². The summed E-state index contributed by atoms with van der Waals surface area (Å²) in [4.78, 5) is 25.6. The van der Waals surface area contributed by atoms with Crippen LogP contribution in [0.4, 0.5) is 0 Å². The molecule has 8 heteroatoms. The normalized spacial score (nSPS) is 15.7. The maximum absolute atomic E-state index is 12.8. The molecular formula is C17H19N3O5. The molecule has 1 N–H and O–H groups in total. The molecular weight excluding hydrogens is 326 g/mol. The van der Waals surface area contributed by atoms with Crippen molar-refractivity contribution in [3.05, 3.63) is 41.7 Å². The van der Waals surface area contributed by atoms with Crippen molar-refractivity contribution in [2.75, 3.05) is 19.7 Å². The van der Waals surface area contributed by atoms with E-state index in [0.717, 1.165) is 0 Å². The maximum atomic E-state index is 12.8. The average Bonchev–Trinajstić information content (AvgIpc) is 3.00. The molecule has 0 fully saturated rings. The molecule has 1 aromatic heterocycles. The van der Waals surface area contributed by atoms with Crippen molar-refractivity contribution in [1.29, 1.82) is 0 Å². The van der Waals surface area contributed by atoms with Crippen molar-refractivity contribution in [3.63, 3.8) is 0 Å². The van der Waals surface area contributed by atoms with E-state index >= 15 is 0 Å². The van der Waals surface area contributed by atoms with Crippen molar-refractivity contribution >= 4 is 11.9 Å². The number of likely N-dealkylation sites (N-methyl/N-ethyl adjacent to an activating group) is 1. The Bertz CT molecular complexity index is 801. The number of aromatic nitrogens is 2. The SMILES string of the molecule is CCN(CC1COc2ccccc2O1)C(=O)c1c(C(=O)O)cnn1C. The van der Waals surface area contributed by atoms with E-state index < -0.39 is 11.9 Å². The Hall–Kier alpha value is -3.03. The molecule has 1 aliphatic rings. The van der Waals surface area contributed by atoms with Gasteiger partial charge in [-0.1, -0.05) is 12.1 Å². The van der Waals surface area contributed by atoms with Gasteiger partial charge in [-0.3, -0.25) is 9.48 Å². The van der Waals surface area contributed by atoms with E-state index in [2.05, 4.69) is 5.10 Å². The lowest BCUT2D eigenvalue weighted by Crippen LogP contribution is -2.44. The molecule has 1 aromatic carbocycles. The summed E-state index contributed by atoms with van der Waals surface area (Å²) in [7, 11) is 1.55. The van der Waals surface area contributed by atoms with Crippen molar-refractivity contribution in [2.24, 2.45) is 7.05 Å². The van der Waals surface area contributed by atoms with E-state index in [4.69, 9.17) is 9.47 Å². The molecule has 2 aromatic rings. The third kappa shape index (κ3) is 3.28. The number of benzene rings is 1. The minimum atomic E-state index is -1.18. The van der Waals surface area contributed by atoms with Crippen LogP contribution in [0.3, 0.4) is 0 Å². The van der Waals surface area contributed by atoms with Crippen LogP contribution in [0.5, 0.6) is 11.5 Å². The van der Waals surface area contributed by atoms with E-state index in [0.29, 0.717) is 24.7 Å². The number of fused-ring (bicyclic) bond motifs is 1. The van der Waals surface area contributed by atoms with E-state index in [1.165, 1.54) is 15.8 Å². The van der Waals surface area contributed by atoms with Gasteiger partial charge in [-0.2, -0.15) is 5.10 Å². The quantitative estimate of drug-likeness (QED) is 0.881. The summed E-state index contributed by atoms with van der Waals surface area (Å²) >= 11 is 0. The zero-order valence-electron chi connectivity index (χ0n) is 14.0. The summed E-state index contributed by atoms with van der Waals surface area (Å²) in [6.45, 7) is 2.84. The number of hydrogen-bond donors (Lipinski definition) is 1. The first-order valence-electron chi connectivity index (χ1n) is 7.94. The molecule has 0 radical (unpaired) electrons. The number of carboxylic acids is 1. The second-order valence-electron chi connectivity index (χ2n) is 5.68. The predicted octanol–water partition coefficient (Wildman–Crippen LogP) is 1.42. The van der Waals surface area contributed by atoms with Crippen molar-refractivity contribution < 1.29 is 24.2 Å². The van der Waals surface area contributed by atoms with Crippen LogP contribution in [-0.2, 0) is 7.05 Å². The number of aromatic carboxylic acids is 1. The van der Waals surface area contributed by atoms with Crippen LogP contribution in [0.15, 0.2) is 30.5 Å². The van der Waals surface area contributed by atoms with Gasteiger partial charge < -0.3 is 19.5 Å². The molecule has 1 atom stereocenters. The second kappa shape index (κ2) is 6.84. The summed E-state index contributed by atoms with van der Waals surface area (Å²) in [5, 5.41) is 13.1. The number of para-hydroxylation sites is 2. The largest absolute Gasteiger partial charge is 0.486 e. The van der Waals surface area contributed by atoms with Crippen LogP contribution in [0, 0.1) is 0 Å². The van der Waals surface area contributed by atoms with Crippen LogP contribution >= 0.6 is 0 Å². The Kier molecular flexibility index (Phi) is 4.60. The highest BCUT2D eigenvalue weighted by molar-refractivity contribution is 6.03. The number of aryl methyl sites for hydroxylation is 1. The van der Waals surface area contributed by atoms with Crippen molar-refractivity contribution in [3.8, 4) is 11.5 Å². The fraction of sp³-hybridized carbons (Fsp3) is 0.353. The highest BCUT2D eigenvalue weighted by Crippen LogP contribution is 2.31. The van der Waals surface area contributed by atoms with Gasteiger partial charge in [0, 0.05) is 13.6 Å². The Balaban J connectivity index is 1.76. The molecule has 0 spiro atoms. The molecule has 0 saturated carbocycles. The van der Waals surface area contributed by atoms with Gasteiger partial charge in [0.1, 0.15) is 17.9 Å². The lowest BCUT2D eigenvalue weighted by atomic mass is 10.2. The van der Waals surface area contributed by atoms with Gasteiger partial charge in [0.25, 0.3) is 5.91 Å². The van der Waals surface area contributed by atoms with Gasteiger partial charge in [0.15, 0.2) is 17.6 Å². The zero-order valence-corrected chi connectivity index (χ0v) is 14.0. The fourth-order valence-electron chi connectivity index (χ4n) is 2.75. The standard InChI is InChI=1S/C17H19N3O5/c1-3-20(16(21)15-12(17(22)23)8-18-19(15)2)9-11-10-24-13-6-4-5-7-14(13)25-11/h4-8,11H,3,9-10H2,1-2H3,(H,22,23).